The number of nitrogens with one attached hydrogen (secondary N) is 2. The maximum Gasteiger partial charge on any atom is 0.277 e. The van der Waals surface area contributed by atoms with Gasteiger partial charge in [-0.25, -0.2) is 10.3 Å². The first-order valence-electron chi connectivity index (χ1n) is 7.81. The fraction of sp³-hybridized carbons (Fsp3) is 0.278. The van der Waals surface area contributed by atoms with Crippen LogP contribution in [0.5, 0.6) is 0 Å². The highest BCUT2D eigenvalue weighted by Crippen LogP contribution is 2.21. The van der Waals surface area contributed by atoms with Crippen LogP contribution >= 0.6 is 0 Å². The van der Waals surface area contributed by atoms with Crippen LogP contribution < -0.4 is 10.8 Å². The van der Waals surface area contributed by atoms with E-state index in [-0.39, 0.29) is 12.2 Å². The molecule has 0 aromatic heterocycles. The van der Waals surface area contributed by atoms with Crippen molar-refractivity contribution in [3.8, 4) is 0 Å². The van der Waals surface area contributed by atoms with Crippen molar-refractivity contribution in [3.63, 3.8) is 0 Å². The van der Waals surface area contributed by atoms with Crippen molar-refractivity contribution in [3.05, 3.63) is 60.2 Å². The second-order valence-corrected chi connectivity index (χ2v) is 5.38. The van der Waals surface area contributed by atoms with Crippen molar-refractivity contribution in [2.75, 3.05) is 11.9 Å². The third-order valence-corrected chi connectivity index (χ3v) is 3.65. The highest BCUT2D eigenvalue weighted by Gasteiger charge is 2.17. The van der Waals surface area contributed by atoms with Gasteiger partial charge in [0.2, 0.25) is 0 Å². The van der Waals surface area contributed by atoms with Gasteiger partial charge in [0, 0.05) is 18.7 Å². The molecule has 2 aromatic carbocycles. The molecule has 23 heavy (non-hydrogen) atoms. The minimum atomic E-state index is -0.359. The Morgan fingerprint density at radius 1 is 1.04 bits per heavy atom. The lowest BCUT2D eigenvalue weighted by Crippen LogP contribution is -2.33. The van der Waals surface area contributed by atoms with Crippen LogP contribution in [0.4, 0.5) is 11.4 Å². The van der Waals surface area contributed by atoms with Gasteiger partial charge in [-0.1, -0.05) is 30.3 Å². The van der Waals surface area contributed by atoms with Crippen molar-refractivity contribution < 1.29 is 14.4 Å². The Hall–Kier alpha value is -2.37. The molecule has 0 aliphatic carbocycles. The summed E-state index contributed by atoms with van der Waals surface area (Å²) in [5.74, 6) is -0.293. The van der Waals surface area contributed by atoms with E-state index < -0.39 is 0 Å². The third-order valence-electron chi connectivity index (χ3n) is 3.65. The van der Waals surface area contributed by atoms with Gasteiger partial charge < -0.3 is 10.1 Å². The molecule has 0 spiro atoms. The summed E-state index contributed by atoms with van der Waals surface area (Å²) < 4.78 is 5.44. The Morgan fingerprint density at radius 3 is 2.61 bits per heavy atom. The molecule has 5 nitrogen and oxygen atoms in total. The van der Waals surface area contributed by atoms with E-state index in [1.54, 1.807) is 6.07 Å². The van der Waals surface area contributed by atoms with Crippen LogP contribution in [0, 0.1) is 0 Å². The van der Waals surface area contributed by atoms with E-state index in [1.165, 1.54) is 0 Å². The molecule has 1 aliphatic rings. The zero-order valence-corrected chi connectivity index (χ0v) is 12.8. The number of benzene rings is 2. The summed E-state index contributed by atoms with van der Waals surface area (Å²) in [5.41, 5.74) is 4.66. The van der Waals surface area contributed by atoms with Crippen LogP contribution in [-0.4, -0.2) is 18.8 Å². The second-order valence-electron chi connectivity index (χ2n) is 5.38. The molecule has 3 rings (SSSR count). The van der Waals surface area contributed by atoms with Gasteiger partial charge >= 0.3 is 0 Å². The molecule has 0 saturated carbocycles. The molecule has 1 saturated heterocycles. The molecule has 0 radical (unpaired) electrons. The fourth-order valence-electron chi connectivity index (χ4n) is 2.45. The van der Waals surface area contributed by atoms with Gasteiger partial charge in [0.25, 0.3) is 5.91 Å². The number of hydrogen-bond acceptors (Lipinski definition) is 4. The van der Waals surface area contributed by atoms with Crippen LogP contribution in [0.15, 0.2) is 54.6 Å². The quantitative estimate of drug-likeness (QED) is 0.828. The topological polar surface area (TPSA) is 59.6 Å². The second kappa shape index (κ2) is 7.76. The molecule has 5 heteroatoms. The van der Waals surface area contributed by atoms with Gasteiger partial charge in [0.05, 0.1) is 11.3 Å². The molecule has 0 unspecified atom stereocenters. The number of rotatable bonds is 5. The Balaban J connectivity index is 1.65. The Morgan fingerprint density at radius 2 is 1.83 bits per heavy atom. The molecule has 1 atom stereocenters. The predicted molar refractivity (Wildman–Crippen MR) is 88.3 cm³/mol. The average Bonchev–Trinajstić information content (AvgIpc) is 2.62. The van der Waals surface area contributed by atoms with Gasteiger partial charge in [0.1, 0.15) is 0 Å². The standard InChI is InChI=1S/C18H20N2O3/c21-18(20-23-17-12-6-7-13-22-17)15-10-4-5-11-16(15)19-14-8-2-1-3-9-14/h1-5,8-11,17,19H,6-7,12-13H2,(H,20,21)/t17-/m0/s1. The Bertz CT molecular complexity index is 640. The predicted octanol–water partition coefficient (Wildman–Crippen LogP) is 3.62. The zero-order chi connectivity index (χ0) is 15.9. The van der Waals surface area contributed by atoms with Crippen LogP contribution in [0.3, 0.4) is 0 Å². The van der Waals surface area contributed by atoms with E-state index in [0.717, 1.165) is 30.6 Å². The number of carbonyl (C=O) groups excluding carboxylic acids is 1. The normalized spacial score (nSPS) is 17.5. The maximum absolute atomic E-state index is 12.4. The smallest absolute Gasteiger partial charge is 0.277 e. The van der Waals surface area contributed by atoms with E-state index >= 15 is 0 Å². The molecule has 1 amide bonds. The molecular formula is C18H20N2O3. The minimum absolute atomic E-state index is 0.293. The molecule has 1 fully saturated rings. The van der Waals surface area contributed by atoms with E-state index in [0.29, 0.717) is 12.2 Å². The van der Waals surface area contributed by atoms with Crippen molar-refractivity contribution >= 4 is 17.3 Å². The van der Waals surface area contributed by atoms with E-state index in [9.17, 15) is 4.79 Å². The van der Waals surface area contributed by atoms with Gasteiger partial charge in [-0.15, -0.1) is 0 Å². The fourth-order valence-corrected chi connectivity index (χ4v) is 2.45. The van der Waals surface area contributed by atoms with Crippen LogP contribution in [0.1, 0.15) is 29.6 Å². The van der Waals surface area contributed by atoms with Crippen molar-refractivity contribution in [2.24, 2.45) is 0 Å². The van der Waals surface area contributed by atoms with Gasteiger partial charge in [-0.2, -0.15) is 0 Å². The average molecular weight is 312 g/mol. The highest BCUT2D eigenvalue weighted by atomic mass is 16.8. The van der Waals surface area contributed by atoms with E-state index in [1.807, 2.05) is 48.5 Å². The zero-order valence-electron chi connectivity index (χ0n) is 12.8. The Kier molecular flexibility index (Phi) is 5.24. The number of carbonyl (C=O) groups is 1. The van der Waals surface area contributed by atoms with Crippen LogP contribution in [0.25, 0.3) is 0 Å². The molecule has 120 valence electrons. The summed E-state index contributed by atoms with van der Waals surface area (Å²) in [6.45, 7) is 0.673. The van der Waals surface area contributed by atoms with Crippen LogP contribution in [0.2, 0.25) is 0 Å². The summed E-state index contributed by atoms with van der Waals surface area (Å²) in [5, 5.41) is 3.24. The number of para-hydroxylation sites is 2. The first-order valence-corrected chi connectivity index (χ1v) is 7.81. The van der Waals surface area contributed by atoms with Gasteiger partial charge in [-0.05, 0) is 37.1 Å². The first-order chi connectivity index (χ1) is 11.3. The molecule has 2 aromatic rings. The van der Waals surface area contributed by atoms with Crippen molar-refractivity contribution in [1.82, 2.24) is 5.48 Å². The molecule has 2 N–H and O–H groups in total. The largest absolute Gasteiger partial charge is 0.355 e. The molecule has 1 aliphatic heterocycles. The SMILES string of the molecule is O=C(NO[C@H]1CCCCO1)c1ccccc1Nc1ccccc1. The summed E-state index contributed by atoms with van der Waals surface area (Å²) in [6.07, 6.45) is 2.52. The first kappa shape index (κ1) is 15.5. The third kappa shape index (κ3) is 4.31. The lowest BCUT2D eigenvalue weighted by molar-refractivity contribution is -0.186. The molecular weight excluding hydrogens is 292 g/mol. The maximum atomic E-state index is 12.4. The highest BCUT2D eigenvalue weighted by molar-refractivity contribution is 5.99. The lowest BCUT2D eigenvalue weighted by atomic mass is 10.1. The van der Waals surface area contributed by atoms with E-state index in [4.69, 9.17) is 9.57 Å². The van der Waals surface area contributed by atoms with E-state index in [2.05, 4.69) is 10.8 Å². The lowest BCUT2D eigenvalue weighted by Gasteiger charge is -2.22. The Labute approximate surface area is 135 Å². The monoisotopic (exact) mass is 312 g/mol. The van der Waals surface area contributed by atoms with Gasteiger partial charge in [0.15, 0.2) is 6.29 Å². The summed E-state index contributed by atoms with van der Waals surface area (Å²) in [6, 6.07) is 17.0. The summed E-state index contributed by atoms with van der Waals surface area (Å²) in [7, 11) is 0. The molecule has 0 bridgehead atoms. The number of hydrogen-bond donors (Lipinski definition) is 2. The molecule has 1 heterocycles. The van der Waals surface area contributed by atoms with Gasteiger partial charge in [-0.3, -0.25) is 4.79 Å². The van der Waals surface area contributed by atoms with Crippen molar-refractivity contribution in [2.45, 2.75) is 25.6 Å². The number of amides is 1. The number of anilines is 2. The van der Waals surface area contributed by atoms with Crippen LogP contribution in [-0.2, 0) is 9.57 Å². The number of hydroxylamine groups is 1. The van der Waals surface area contributed by atoms with Crippen molar-refractivity contribution in [1.29, 1.82) is 0 Å². The summed E-state index contributed by atoms with van der Waals surface area (Å²) in [4.78, 5) is 17.7. The minimum Gasteiger partial charge on any atom is -0.355 e. The number of ether oxygens (including phenoxy) is 1. The summed E-state index contributed by atoms with van der Waals surface area (Å²) >= 11 is 0.